The maximum atomic E-state index is 12.6. The van der Waals surface area contributed by atoms with Gasteiger partial charge < -0.3 is 15.0 Å². The Labute approximate surface area is 130 Å². The van der Waals surface area contributed by atoms with Gasteiger partial charge in [-0.05, 0) is 18.9 Å². The molecule has 0 bridgehead atoms. The molecule has 1 N–H and O–H groups in total. The van der Waals surface area contributed by atoms with Crippen molar-refractivity contribution in [1.82, 2.24) is 15.1 Å². The van der Waals surface area contributed by atoms with Crippen LogP contribution in [0, 0.1) is 11.8 Å². The van der Waals surface area contributed by atoms with Crippen LogP contribution in [0.25, 0.3) is 0 Å². The number of carbonyl (C=O) groups is 1. The van der Waals surface area contributed by atoms with E-state index in [0.29, 0.717) is 25.0 Å². The number of rotatable bonds is 8. The van der Waals surface area contributed by atoms with Gasteiger partial charge in [0.2, 0.25) is 5.91 Å². The molecule has 1 heterocycles. The summed E-state index contributed by atoms with van der Waals surface area (Å²) in [4.78, 5) is 16.8. The van der Waals surface area contributed by atoms with E-state index >= 15 is 0 Å². The SMILES string of the molecule is CNCC1CN(CC(=O)N(CC(C)C)CC(C)C)CCO1. The Morgan fingerprint density at radius 2 is 1.90 bits per heavy atom. The number of nitrogens with one attached hydrogen (secondary N) is 1. The molecule has 0 saturated carbocycles. The van der Waals surface area contributed by atoms with E-state index in [2.05, 4.69) is 37.9 Å². The second-order valence-electron chi connectivity index (χ2n) is 6.87. The zero-order chi connectivity index (χ0) is 15.8. The van der Waals surface area contributed by atoms with Gasteiger partial charge in [-0.1, -0.05) is 27.7 Å². The summed E-state index contributed by atoms with van der Waals surface area (Å²) in [5.41, 5.74) is 0. The minimum Gasteiger partial charge on any atom is -0.374 e. The Morgan fingerprint density at radius 3 is 2.43 bits per heavy atom. The highest BCUT2D eigenvalue weighted by Crippen LogP contribution is 2.08. The molecule has 124 valence electrons. The van der Waals surface area contributed by atoms with Gasteiger partial charge in [0.15, 0.2) is 0 Å². The van der Waals surface area contributed by atoms with Gasteiger partial charge in [0.25, 0.3) is 0 Å². The van der Waals surface area contributed by atoms with Crippen molar-refractivity contribution < 1.29 is 9.53 Å². The fourth-order valence-corrected chi connectivity index (χ4v) is 2.73. The van der Waals surface area contributed by atoms with Gasteiger partial charge in [0.1, 0.15) is 0 Å². The Kier molecular flexibility index (Phi) is 8.22. The predicted molar refractivity (Wildman–Crippen MR) is 86.4 cm³/mol. The number of ether oxygens (including phenoxy) is 1. The fraction of sp³-hybridized carbons (Fsp3) is 0.938. The average molecular weight is 299 g/mol. The van der Waals surface area contributed by atoms with Gasteiger partial charge in [-0.3, -0.25) is 9.69 Å². The third-order valence-electron chi connectivity index (χ3n) is 3.54. The van der Waals surface area contributed by atoms with Crippen molar-refractivity contribution in [2.45, 2.75) is 33.8 Å². The summed E-state index contributed by atoms with van der Waals surface area (Å²) in [6.45, 7) is 14.1. The second kappa shape index (κ2) is 9.38. The summed E-state index contributed by atoms with van der Waals surface area (Å²) in [6, 6.07) is 0. The third-order valence-corrected chi connectivity index (χ3v) is 3.54. The van der Waals surface area contributed by atoms with Gasteiger partial charge >= 0.3 is 0 Å². The van der Waals surface area contributed by atoms with E-state index in [1.54, 1.807) is 0 Å². The first kappa shape index (κ1) is 18.4. The van der Waals surface area contributed by atoms with Crippen LogP contribution in [0.2, 0.25) is 0 Å². The number of hydrogen-bond donors (Lipinski definition) is 1. The van der Waals surface area contributed by atoms with Crippen molar-refractivity contribution in [3.63, 3.8) is 0 Å². The Morgan fingerprint density at radius 1 is 1.29 bits per heavy atom. The molecule has 1 atom stereocenters. The smallest absolute Gasteiger partial charge is 0.236 e. The number of morpholine rings is 1. The van der Waals surface area contributed by atoms with E-state index in [4.69, 9.17) is 4.74 Å². The largest absolute Gasteiger partial charge is 0.374 e. The first-order chi connectivity index (χ1) is 9.92. The van der Waals surface area contributed by atoms with E-state index in [-0.39, 0.29) is 12.0 Å². The molecule has 0 aromatic heterocycles. The topological polar surface area (TPSA) is 44.8 Å². The van der Waals surface area contributed by atoms with E-state index in [9.17, 15) is 4.79 Å². The summed E-state index contributed by atoms with van der Waals surface area (Å²) >= 11 is 0. The fourth-order valence-electron chi connectivity index (χ4n) is 2.73. The molecule has 0 aromatic carbocycles. The van der Waals surface area contributed by atoms with Crippen molar-refractivity contribution in [1.29, 1.82) is 0 Å². The van der Waals surface area contributed by atoms with Gasteiger partial charge in [-0.15, -0.1) is 0 Å². The summed E-state index contributed by atoms with van der Waals surface area (Å²) in [7, 11) is 1.93. The minimum atomic E-state index is 0.195. The Hall–Kier alpha value is -0.650. The summed E-state index contributed by atoms with van der Waals surface area (Å²) in [6.07, 6.45) is 0.195. The molecule has 1 aliphatic rings. The third kappa shape index (κ3) is 7.25. The van der Waals surface area contributed by atoms with Crippen LogP contribution >= 0.6 is 0 Å². The average Bonchev–Trinajstić information content (AvgIpc) is 2.37. The molecule has 5 heteroatoms. The lowest BCUT2D eigenvalue weighted by Crippen LogP contribution is -2.50. The first-order valence-corrected chi connectivity index (χ1v) is 8.18. The maximum Gasteiger partial charge on any atom is 0.236 e. The van der Waals surface area contributed by atoms with Crippen LogP contribution < -0.4 is 5.32 Å². The molecule has 1 unspecified atom stereocenters. The van der Waals surface area contributed by atoms with Crippen molar-refractivity contribution >= 4 is 5.91 Å². The number of nitrogens with zero attached hydrogens (tertiary/aromatic N) is 2. The first-order valence-electron chi connectivity index (χ1n) is 8.18. The van der Waals surface area contributed by atoms with Gasteiger partial charge in [0.05, 0.1) is 19.3 Å². The minimum absolute atomic E-state index is 0.195. The molecule has 1 saturated heterocycles. The molecule has 1 amide bonds. The van der Waals surface area contributed by atoms with Crippen LogP contribution in [0.1, 0.15) is 27.7 Å². The normalized spacial score (nSPS) is 20.2. The molecule has 0 aliphatic carbocycles. The van der Waals surface area contributed by atoms with E-state index in [1.807, 2.05) is 11.9 Å². The van der Waals surface area contributed by atoms with Crippen molar-refractivity contribution in [3.8, 4) is 0 Å². The van der Waals surface area contributed by atoms with Crippen molar-refractivity contribution in [2.24, 2.45) is 11.8 Å². The Balaban J connectivity index is 2.50. The predicted octanol–water partition coefficient (Wildman–Crippen LogP) is 1.05. The highest BCUT2D eigenvalue weighted by molar-refractivity contribution is 5.78. The van der Waals surface area contributed by atoms with E-state index in [0.717, 1.165) is 32.7 Å². The van der Waals surface area contributed by atoms with Gasteiger partial charge in [0, 0.05) is 32.7 Å². The highest BCUT2D eigenvalue weighted by Gasteiger charge is 2.24. The highest BCUT2D eigenvalue weighted by atomic mass is 16.5. The monoisotopic (exact) mass is 299 g/mol. The molecule has 21 heavy (non-hydrogen) atoms. The number of amides is 1. The number of likely N-dealkylation sites (N-methyl/N-ethyl adjacent to an activating group) is 1. The molecule has 0 radical (unpaired) electrons. The quantitative estimate of drug-likeness (QED) is 0.727. The molecule has 0 spiro atoms. The maximum absolute atomic E-state index is 12.6. The molecule has 5 nitrogen and oxygen atoms in total. The van der Waals surface area contributed by atoms with Crippen LogP contribution in [0.3, 0.4) is 0 Å². The van der Waals surface area contributed by atoms with E-state index in [1.165, 1.54) is 0 Å². The molecular formula is C16H33N3O2. The zero-order valence-electron chi connectivity index (χ0n) is 14.4. The lowest BCUT2D eigenvalue weighted by molar-refractivity contribution is -0.135. The number of carbonyl (C=O) groups excluding carboxylic acids is 1. The summed E-state index contributed by atoms with van der Waals surface area (Å²) in [5.74, 6) is 1.27. The van der Waals surface area contributed by atoms with Gasteiger partial charge in [-0.2, -0.15) is 0 Å². The zero-order valence-corrected chi connectivity index (χ0v) is 14.4. The molecule has 0 aromatic rings. The molecule has 1 aliphatic heterocycles. The number of hydrogen-bond acceptors (Lipinski definition) is 4. The van der Waals surface area contributed by atoms with Crippen LogP contribution in [0.15, 0.2) is 0 Å². The summed E-state index contributed by atoms with van der Waals surface area (Å²) in [5, 5.41) is 3.14. The molecular weight excluding hydrogens is 266 g/mol. The molecule has 1 rings (SSSR count). The van der Waals surface area contributed by atoms with Crippen LogP contribution in [-0.2, 0) is 9.53 Å². The lowest BCUT2D eigenvalue weighted by atomic mass is 10.1. The van der Waals surface area contributed by atoms with Crippen LogP contribution in [0.4, 0.5) is 0 Å². The van der Waals surface area contributed by atoms with Gasteiger partial charge in [-0.25, -0.2) is 0 Å². The molecule has 1 fully saturated rings. The van der Waals surface area contributed by atoms with Crippen molar-refractivity contribution in [3.05, 3.63) is 0 Å². The summed E-state index contributed by atoms with van der Waals surface area (Å²) < 4.78 is 5.69. The van der Waals surface area contributed by atoms with Crippen LogP contribution in [-0.4, -0.2) is 74.7 Å². The lowest BCUT2D eigenvalue weighted by Gasteiger charge is -2.34. The van der Waals surface area contributed by atoms with Crippen LogP contribution in [0.5, 0.6) is 0 Å². The Bertz CT molecular complexity index is 296. The van der Waals surface area contributed by atoms with Crippen molar-refractivity contribution in [2.75, 3.05) is 52.9 Å². The van der Waals surface area contributed by atoms with E-state index < -0.39 is 0 Å². The second-order valence-corrected chi connectivity index (χ2v) is 6.87. The standard InChI is InChI=1S/C16H33N3O2/c1-13(2)9-19(10-14(3)4)16(20)12-18-6-7-21-15(11-18)8-17-5/h13-15,17H,6-12H2,1-5H3.